The Morgan fingerprint density at radius 1 is 1.50 bits per heavy atom. The summed E-state index contributed by atoms with van der Waals surface area (Å²) in [6.07, 6.45) is 11.9. The number of nitrogens with zero attached hydrogens (tertiary/aromatic N) is 2. The fraction of sp³-hybridized carbons (Fsp3) is 0.769. The molecule has 90 valence electrons. The van der Waals surface area contributed by atoms with E-state index in [4.69, 9.17) is 0 Å². The van der Waals surface area contributed by atoms with Gasteiger partial charge in [0.2, 0.25) is 0 Å². The summed E-state index contributed by atoms with van der Waals surface area (Å²) in [5, 5.41) is 7.96. The van der Waals surface area contributed by atoms with Crippen LogP contribution in [-0.4, -0.2) is 22.4 Å². The van der Waals surface area contributed by atoms with Crippen LogP contribution in [0, 0.1) is 0 Å². The summed E-state index contributed by atoms with van der Waals surface area (Å²) in [7, 11) is 0. The van der Waals surface area contributed by atoms with Gasteiger partial charge in [-0.05, 0) is 44.2 Å². The molecule has 2 heterocycles. The maximum atomic E-state index is 4.37. The van der Waals surface area contributed by atoms with Gasteiger partial charge in [0.1, 0.15) is 0 Å². The number of nitrogens with one attached hydrogen (secondary N) is 1. The highest BCUT2D eigenvalue weighted by Crippen LogP contribution is 2.13. The molecule has 2 rings (SSSR count). The molecule has 1 atom stereocenters. The van der Waals surface area contributed by atoms with E-state index < -0.39 is 0 Å². The van der Waals surface area contributed by atoms with Gasteiger partial charge < -0.3 is 5.32 Å². The lowest BCUT2D eigenvalue weighted by atomic mass is 9.99. The van der Waals surface area contributed by atoms with Crippen molar-refractivity contribution in [2.24, 2.45) is 0 Å². The number of rotatable bonds is 5. The van der Waals surface area contributed by atoms with Gasteiger partial charge in [-0.1, -0.05) is 13.3 Å². The van der Waals surface area contributed by atoms with E-state index >= 15 is 0 Å². The third kappa shape index (κ3) is 3.34. The SMILES string of the molecule is CCCn1cc(CCC2CCCCN2)cn1. The zero-order valence-corrected chi connectivity index (χ0v) is 10.3. The summed E-state index contributed by atoms with van der Waals surface area (Å²) in [5.74, 6) is 0. The number of aryl methyl sites for hydroxylation is 2. The molecule has 1 fully saturated rings. The van der Waals surface area contributed by atoms with Crippen molar-refractivity contribution in [3.8, 4) is 0 Å². The van der Waals surface area contributed by atoms with Crippen LogP contribution >= 0.6 is 0 Å². The van der Waals surface area contributed by atoms with Gasteiger partial charge in [0.15, 0.2) is 0 Å². The fourth-order valence-corrected chi connectivity index (χ4v) is 2.40. The van der Waals surface area contributed by atoms with Crippen molar-refractivity contribution in [3.63, 3.8) is 0 Å². The molecule has 1 N–H and O–H groups in total. The molecule has 0 amide bonds. The average Bonchev–Trinajstić information content (AvgIpc) is 2.76. The molecule has 0 bridgehead atoms. The Balaban J connectivity index is 1.75. The van der Waals surface area contributed by atoms with E-state index in [-0.39, 0.29) is 0 Å². The predicted molar refractivity (Wildman–Crippen MR) is 66.5 cm³/mol. The molecule has 1 unspecified atom stereocenters. The first kappa shape index (κ1) is 11.6. The minimum Gasteiger partial charge on any atom is -0.314 e. The maximum Gasteiger partial charge on any atom is 0.0521 e. The lowest BCUT2D eigenvalue weighted by Gasteiger charge is -2.22. The van der Waals surface area contributed by atoms with E-state index in [1.807, 2.05) is 6.20 Å². The van der Waals surface area contributed by atoms with Crippen molar-refractivity contribution in [3.05, 3.63) is 18.0 Å². The molecular formula is C13H23N3. The smallest absolute Gasteiger partial charge is 0.0521 e. The van der Waals surface area contributed by atoms with Crippen LogP contribution in [0.4, 0.5) is 0 Å². The number of hydrogen-bond donors (Lipinski definition) is 1. The standard InChI is InChI=1S/C13H23N3/c1-2-9-16-11-12(10-15-16)6-7-13-5-3-4-8-14-13/h10-11,13-14H,2-9H2,1H3. The molecule has 0 saturated carbocycles. The molecule has 0 spiro atoms. The maximum absolute atomic E-state index is 4.37. The van der Waals surface area contributed by atoms with Gasteiger partial charge in [0.25, 0.3) is 0 Å². The first-order valence-corrected chi connectivity index (χ1v) is 6.63. The zero-order chi connectivity index (χ0) is 11.2. The highest BCUT2D eigenvalue weighted by atomic mass is 15.3. The van der Waals surface area contributed by atoms with Crippen molar-refractivity contribution in [2.45, 2.75) is 58.0 Å². The second-order valence-corrected chi connectivity index (χ2v) is 4.80. The monoisotopic (exact) mass is 221 g/mol. The number of piperidine rings is 1. The van der Waals surface area contributed by atoms with E-state index in [1.54, 1.807) is 0 Å². The average molecular weight is 221 g/mol. The van der Waals surface area contributed by atoms with Crippen LogP contribution in [0.1, 0.15) is 44.6 Å². The van der Waals surface area contributed by atoms with Crippen LogP contribution in [-0.2, 0) is 13.0 Å². The second kappa shape index (κ2) is 6.04. The van der Waals surface area contributed by atoms with Gasteiger partial charge in [-0.15, -0.1) is 0 Å². The van der Waals surface area contributed by atoms with Gasteiger partial charge in [-0.2, -0.15) is 5.10 Å². The quantitative estimate of drug-likeness (QED) is 0.827. The molecule has 0 aromatic carbocycles. The van der Waals surface area contributed by atoms with Gasteiger partial charge in [-0.3, -0.25) is 4.68 Å². The Morgan fingerprint density at radius 2 is 2.44 bits per heavy atom. The molecular weight excluding hydrogens is 198 g/mol. The lowest BCUT2D eigenvalue weighted by Crippen LogP contribution is -2.34. The third-order valence-electron chi connectivity index (χ3n) is 3.33. The van der Waals surface area contributed by atoms with Crippen molar-refractivity contribution in [1.82, 2.24) is 15.1 Å². The van der Waals surface area contributed by atoms with Crippen molar-refractivity contribution in [2.75, 3.05) is 6.54 Å². The zero-order valence-electron chi connectivity index (χ0n) is 10.3. The highest BCUT2D eigenvalue weighted by molar-refractivity contribution is 5.04. The Bertz CT molecular complexity index is 300. The molecule has 0 radical (unpaired) electrons. The summed E-state index contributed by atoms with van der Waals surface area (Å²) < 4.78 is 2.06. The Labute approximate surface area is 98.2 Å². The van der Waals surface area contributed by atoms with E-state index in [2.05, 4.69) is 28.2 Å². The van der Waals surface area contributed by atoms with Gasteiger partial charge >= 0.3 is 0 Å². The lowest BCUT2D eigenvalue weighted by molar-refractivity contribution is 0.383. The van der Waals surface area contributed by atoms with Crippen LogP contribution < -0.4 is 5.32 Å². The molecule has 1 aromatic heterocycles. The summed E-state index contributed by atoms with van der Waals surface area (Å²) >= 11 is 0. The largest absolute Gasteiger partial charge is 0.314 e. The van der Waals surface area contributed by atoms with E-state index in [0.717, 1.165) is 19.0 Å². The van der Waals surface area contributed by atoms with Crippen LogP contribution in [0.3, 0.4) is 0 Å². The molecule has 1 aliphatic heterocycles. The van der Waals surface area contributed by atoms with Crippen molar-refractivity contribution in [1.29, 1.82) is 0 Å². The molecule has 1 saturated heterocycles. The molecule has 1 aliphatic rings. The van der Waals surface area contributed by atoms with Crippen LogP contribution in [0.2, 0.25) is 0 Å². The van der Waals surface area contributed by atoms with Crippen molar-refractivity contribution >= 4 is 0 Å². The first-order chi connectivity index (χ1) is 7.88. The molecule has 16 heavy (non-hydrogen) atoms. The summed E-state index contributed by atoms with van der Waals surface area (Å²) in [4.78, 5) is 0. The molecule has 3 nitrogen and oxygen atoms in total. The normalized spacial score (nSPS) is 21.2. The Morgan fingerprint density at radius 3 is 3.19 bits per heavy atom. The first-order valence-electron chi connectivity index (χ1n) is 6.63. The van der Waals surface area contributed by atoms with Crippen LogP contribution in [0.15, 0.2) is 12.4 Å². The van der Waals surface area contributed by atoms with Gasteiger partial charge in [-0.25, -0.2) is 0 Å². The highest BCUT2D eigenvalue weighted by Gasteiger charge is 2.12. The van der Waals surface area contributed by atoms with Gasteiger partial charge in [0.05, 0.1) is 6.20 Å². The topological polar surface area (TPSA) is 29.9 Å². The van der Waals surface area contributed by atoms with Crippen LogP contribution in [0.5, 0.6) is 0 Å². The van der Waals surface area contributed by atoms with E-state index in [1.165, 1.54) is 44.2 Å². The molecule has 0 aliphatic carbocycles. The molecule has 3 heteroatoms. The third-order valence-corrected chi connectivity index (χ3v) is 3.33. The summed E-state index contributed by atoms with van der Waals surface area (Å²) in [5.41, 5.74) is 1.39. The van der Waals surface area contributed by atoms with Gasteiger partial charge in [0, 0.05) is 18.8 Å². The minimum absolute atomic E-state index is 0.739. The summed E-state index contributed by atoms with van der Waals surface area (Å²) in [6.45, 7) is 4.44. The summed E-state index contributed by atoms with van der Waals surface area (Å²) in [6, 6.07) is 0.739. The second-order valence-electron chi connectivity index (χ2n) is 4.80. The van der Waals surface area contributed by atoms with Crippen LogP contribution in [0.25, 0.3) is 0 Å². The predicted octanol–water partition coefficient (Wildman–Crippen LogP) is 2.37. The number of hydrogen-bond acceptors (Lipinski definition) is 2. The molecule has 1 aromatic rings. The van der Waals surface area contributed by atoms with E-state index in [0.29, 0.717) is 0 Å². The number of aromatic nitrogens is 2. The minimum atomic E-state index is 0.739. The van der Waals surface area contributed by atoms with Crippen molar-refractivity contribution < 1.29 is 0 Å². The Kier molecular flexibility index (Phi) is 4.40. The van der Waals surface area contributed by atoms with E-state index in [9.17, 15) is 0 Å². The Hall–Kier alpha value is -0.830. The fourth-order valence-electron chi connectivity index (χ4n) is 2.40.